The van der Waals surface area contributed by atoms with E-state index in [1.807, 2.05) is 26.0 Å². The Morgan fingerprint density at radius 1 is 1.00 bits per heavy atom. The third-order valence-corrected chi connectivity index (χ3v) is 9.69. The van der Waals surface area contributed by atoms with Crippen LogP contribution in [-0.2, 0) is 13.7 Å². The van der Waals surface area contributed by atoms with Crippen LogP contribution in [0.3, 0.4) is 0 Å². The lowest BCUT2D eigenvalue weighted by Gasteiger charge is -2.35. The van der Waals surface area contributed by atoms with Gasteiger partial charge in [0, 0.05) is 21.8 Å². The summed E-state index contributed by atoms with van der Waals surface area (Å²) in [5.41, 5.74) is -5.44. The maximum absolute atomic E-state index is 13.0. The number of ether oxygens (including phenoxy) is 1. The maximum atomic E-state index is 13.0. The van der Waals surface area contributed by atoms with E-state index >= 15 is 0 Å². The molecule has 0 aromatic heterocycles. The molecule has 2 aromatic rings. The molecular weight excluding hydrogens is 401 g/mol. The smallest absolute Gasteiger partial charge is 0.490 e. The second kappa shape index (κ2) is 7.18. The predicted octanol–water partition coefficient (Wildman–Crippen LogP) is 5.37. The molecule has 3 rings (SSSR count). The van der Waals surface area contributed by atoms with Crippen LogP contribution in [0.5, 0.6) is 5.75 Å². The standard InChI is InChI=1S/C18H21F3O4S2/c1-13(2)24-16-9-10-17(15-8-4-3-7-14(15)16)26(11-5-6-12-26)25-27(22,23)18(19,20)21/h3-4,7-10,13H,5-6,11-12H2,1-2H3. The van der Waals surface area contributed by atoms with E-state index in [9.17, 15) is 21.6 Å². The number of benzene rings is 2. The largest absolute Gasteiger partial charge is 0.523 e. The zero-order valence-corrected chi connectivity index (χ0v) is 16.6. The van der Waals surface area contributed by atoms with Gasteiger partial charge in [-0.25, -0.2) is 3.63 Å². The molecule has 0 spiro atoms. The molecule has 0 saturated carbocycles. The summed E-state index contributed by atoms with van der Waals surface area (Å²) in [5.74, 6) is 1.18. The first kappa shape index (κ1) is 20.3. The molecule has 0 bridgehead atoms. The quantitative estimate of drug-likeness (QED) is 0.608. The van der Waals surface area contributed by atoms with E-state index in [0.717, 1.165) is 5.39 Å². The monoisotopic (exact) mass is 422 g/mol. The molecule has 0 amide bonds. The normalized spacial score (nSPS) is 18.7. The molecule has 0 aliphatic carbocycles. The van der Waals surface area contributed by atoms with Gasteiger partial charge < -0.3 is 4.74 Å². The molecule has 1 fully saturated rings. The van der Waals surface area contributed by atoms with Crippen LogP contribution in [0, 0.1) is 0 Å². The Bertz CT molecular complexity index is 933. The number of alkyl halides is 3. The average molecular weight is 422 g/mol. The lowest BCUT2D eigenvalue weighted by Crippen LogP contribution is -2.27. The number of rotatable bonds is 5. The minimum atomic E-state index is -5.68. The molecule has 2 aromatic carbocycles. The van der Waals surface area contributed by atoms with Gasteiger partial charge in [-0.1, -0.05) is 34.6 Å². The zero-order chi connectivity index (χ0) is 19.9. The third-order valence-electron chi connectivity index (χ3n) is 4.31. The number of halogens is 3. The molecule has 1 aliphatic heterocycles. The van der Waals surface area contributed by atoms with E-state index in [-0.39, 0.29) is 17.6 Å². The first-order chi connectivity index (χ1) is 12.6. The van der Waals surface area contributed by atoms with Gasteiger partial charge in [0.25, 0.3) is 0 Å². The van der Waals surface area contributed by atoms with Gasteiger partial charge in [0.05, 0.1) is 6.10 Å². The molecule has 1 heterocycles. The van der Waals surface area contributed by atoms with Crippen molar-refractivity contribution in [3.05, 3.63) is 36.4 Å². The van der Waals surface area contributed by atoms with Crippen molar-refractivity contribution >= 4 is 31.2 Å². The van der Waals surface area contributed by atoms with Crippen LogP contribution in [0.2, 0.25) is 0 Å². The van der Waals surface area contributed by atoms with Gasteiger partial charge >= 0.3 is 15.6 Å². The van der Waals surface area contributed by atoms with E-state index in [1.54, 1.807) is 24.3 Å². The van der Waals surface area contributed by atoms with Crippen LogP contribution in [0.15, 0.2) is 41.3 Å². The summed E-state index contributed by atoms with van der Waals surface area (Å²) in [6.45, 7) is 3.76. The summed E-state index contributed by atoms with van der Waals surface area (Å²) in [7, 11) is -8.30. The van der Waals surface area contributed by atoms with Crippen LogP contribution in [-0.4, -0.2) is 31.5 Å². The Labute approximate surface area is 158 Å². The number of fused-ring (bicyclic) bond motifs is 1. The third kappa shape index (κ3) is 3.90. The Morgan fingerprint density at radius 2 is 1.59 bits per heavy atom. The molecule has 150 valence electrons. The highest BCUT2D eigenvalue weighted by Gasteiger charge is 2.52. The van der Waals surface area contributed by atoms with Crippen molar-refractivity contribution in [3.63, 3.8) is 0 Å². The van der Waals surface area contributed by atoms with Gasteiger partial charge in [-0.05, 0) is 44.2 Å². The maximum Gasteiger partial charge on any atom is 0.523 e. The highest BCUT2D eigenvalue weighted by atomic mass is 32.3. The Morgan fingerprint density at radius 3 is 2.15 bits per heavy atom. The van der Waals surface area contributed by atoms with Crippen molar-refractivity contribution < 1.29 is 30.0 Å². The second-order valence-electron chi connectivity index (χ2n) is 6.67. The first-order valence-corrected chi connectivity index (χ1v) is 11.9. The highest BCUT2D eigenvalue weighted by molar-refractivity contribution is 8.33. The average Bonchev–Trinajstić information content (AvgIpc) is 3.02. The van der Waals surface area contributed by atoms with E-state index in [4.69, 9.17) is 8.37 Å². The van der Waals surface area contributed by atoms with E-state index in [0.29, 0.717) is 28.9 Å². The lowest BCUT2D eigenvalue weighted by molar-refractivity contribution is -0.0496. The molecule has 9 heteroatoms. The molecule has 1 aliphatic rings. The molecule has 0 unspecified atom stereocenters. The van der Waals surface area contributed by atoms with Crippen LogP contribution in [0.1, 0.15) is 26.7 Å². The summed E-state index contributed by atoms with van der Waals surface area (Å²) in [6, 6.07) is 10.5. The van der Waals surface area contributed by atoms with Crippen LogP contribution < -0.4 is 4.74 Å². The zero-order valence-electron chi connectivity index (χ0n) is 15.0. The van der Waals surface area contributed by atoms with Crippen molar-refractivity contribution in [3.8, 4) is 5.75 Å². The SMILES string of the molecule is CC(C)Oc1ccc(S2(OS(=O)(=O)C(F)(F)F)CCCC2)c2ccccc12. The van der Waals surface area contributed by atoms with Crippen molar-refractivity contribution in [1.82, 2.24) is 0 Å². The molecule has 0 atom stereocenters. The van der Waals surface area contributed by atoms with Crippen molar-refractivity contribution in [2.75, 3.05) is 11.5 Å². The van der Waals surface area contributed by atoms with Gasteiger partial charge in [0.1, 0.15) is 5.75 Å². The minimum absolute atomic E-state index is 0.0751. The van der Waals surface area contributed by atoms with Crippen LogP contribution in [0.4, 0.5) is 13.2 Å². The van der Waals surface area contributed by atoms with Gasteiger partial charge in [-0.3, -0.25) is 0 Å². The summed E-state index contributed by atoms with van der Waals surface area (Å²) in [4.78, 5) is 0.527. The Kier molecular flexibility index (Phi) is 5.39. The number of hydrogen-bond donors (Lipinski definition) is 0. The van der Waals surface area contributed by atoms with Crippen molar-refractivity contribution in [1.29, 1.82) is 0 Å². The van der Waals surface area contributed by atoms with Crippen LogP contribution in [0.25, 0.3) is 10.8 Å². The fourth-order valence-corrected chi connectivity index (χ4v) is 8.63. The summed E-state index contributed by atoms with van der Waals surface area (Å²) in [6.07, 6.45) is 1.18. The van der Waals surface area contributed by atoms with Crippen LogP contribution >= 0.6 is 10.3 Å². The second-order valence-corrected chi connectivity index (χ2v) is 11.5. The van der Waals surface area contributed by atoms with E-state index in [1.165, 1.54) is 0 Å². The van der Waals surface area contributed by atoms with Crippen molar-refractivity contribution in [2.24, 2.45) is 0 Å². The fraction of sp³-hybridized carbons (Fsp3) is 0.444. The summed E-state index contributed by atoms with van der Waals surface area (Å²) in [5, 5.41) is 1.40. The fourth-order valence-electron chi connectivity index (χ4n) is 3.23. The first-order valence-electron chi connectivity index (χ1n) is 8.55. The van der Waals surface area contributed by atoms with Crippen molar-refractivity contribution in [2.45, 2.75) is 43.2 Å². The lowest BCUT2D eigenvalue weighted by atomic mass is 10.1. The van der Waals surface area contributed by atoms with Gasteiger partial charge in [-0.2, -0.15) is 21.6 Å². The summed E-state index contributed by atoms with van der Waals surface area (Å²) < 4.78 is 73.3. The molecular formula is C18H21F3O4S2. The highest BCUT2D eigenvalue weighted by Crippen LogP contribution is 2.65. The molecule has 0 radical (unpaired) electrons. The van der Waals surface area contributed by atoms with E-state index in [2.05, 4.69) is 0 Å². The Hall–Kier alpha value is -1.45. The summed E-state index contributed by atoms with van der Waals surface area (Å²) >= 11 is 0. The predicted molar refractivity (Wildman–Crippen MR) is 101 cm³/mol. The molecule has 27 heavy (non-hydrogen) atoms. The molecule has 4 nitrogen and oxygen atoms in total. The molecule has 1 saturated heterocycles. The minimum Gasteiger partial charge on any atom is -0.490 e. The topological polar surface area (TPSA) is 52.6 Å². The van der Waals surface area contributed by atoms with E-state index < -0.39 is 25.9 Å². The van der Waals surface area contributed by atoms with Gasteiger partial charge in [0.15, 0.2) is 0 Å². The van der Waals surface area contributed by atoms with Gasteiger partial charge in [-0.15, -0.1) is 0 Å². The number of hydrogen-bond acceptors (Lipinski definition) is 4. The van der Waals surface area contributed by atoms with Gasteiger partial charge in [0.2, 0.25) is 0 Å². The Balaban J connectivity index is 2.16. The molecule has 0 N–H and O–H groups in total.